The van der Waals surface area contributed by atoms with Crippen LogP contribution in [0.3, 0.4) is 0 Å². The molecule has 0 saturated heterocycles. The molecule has 0 atom stereocenters. The van der Waals surface area contributed by atoms with E-state index in [1.54, 1.807) is 0 Å². The minimum Gasteiger partial charge on any atom is -1.00 e. The van der Waals surface area contributed by atoms with Crippen LogP contribution in [0.2, 0.25) is 0 Å². The van der Waals surface area contributed by atoms with Gasteiger partial charge in [0.05, 0.1) is 13.1 Å². The van der Waals surface area contributed by atoms with Crippen molar-refractivity contribution in [1.29, 1.82) is 0 Å². The highest BCUT2D eigenvalue weighted by Crippen LogP contribution is 2.37. The fraction of sp³-hybridized carbons (Fsp3) is 0.538. The number of para-hydroxylation sites is 1. The van der Waals surface area contributed by atoms with E-state index in [2.05, 4.69) is 103 Å². The zero-order valence-electron chi connectivity index (χ0n) is 19.4. The molecule has 0 unspecified atom stereocenters. The lowest BCUT2D eigenvalue weighted by molar-refractivity contribution is -0.985. The van der Waals surface area contributed by atoms with Gasteiger partial charge in [-0.2, -0.15) is 0 Å². The average Bonchev–Trinajstić information content (AvgIpc) is 2.62. The third kappa shape index (κ3) is 6.49. The first kappa shape index (κ1) is 25.5. The lowest BCUT2D eigenvalue weighted by atomic mass is 9.86. The molecule has 162 valence electrons. The van der Waals surface area contributed by atoms with Crippen LogP contribution in [0.5, 0.6) is 5.75 Å². The van der Waals surface area contributed by atoms with Crippen molar-refractivity contribution in [2.24, 2.45) is 11.8 Å². The summed E-state index contributed by atoms with van der Waals surface area (Å²) >= 11 is 0. The Hall–Kier alpha value is -1.51. The van der Waals surface area contributed by atoms with E-state index in [0.29, 0.717) is 11.8 Å². The topological polar surface area (TPSA) is 9.23 Å². The molecule has 0 N–H and O–H groups in total. The Balaban J connectivity index is 0.00000420. The fourth-order valence-electron chi connectivity index (χ4n) is 4.56. The number of aryl methyl sites for hydroxylation is 1. The molecular formula is C26H40ClNO. The van der Waals surface area contributed by atoms with Crippen molar-refractivity contribution in [3.8, 4) is 5.75 Å². The van der Waals surface area contributed by atoms with Gasteiger partial charge < -0.3 is 21.6 Å². The van der Waals surface area contributed by atoms with E-state index < -0.39 is 0 Å². The molecule has 0 aliphatic rings. The Labute approximate surface area is 185 Å². The smallest absolute Gasteiger partial charge is 0.137 e. The number of halogens is 1. The molecule has 0 fully saturated rings. The van der Waals surface area contributed by atoms with Crippen molar-refractivity contribution < 1.29 is 21.6 Å². The first-order valence-electron chi connectivity index (χ1n) is 10.8. The van der Waals surface area contributed by atoms with Crippen molar-refractivity contribution in [2.75, 3.05) is 26.2 Å². The Morgan fingerprint density at radius 1 is 0.828 bits per heavy atom. The van der Waals surface area contributed by atoms with Gasteiger partial charge in [-0.1, -0.05) is 76.2 Å². The minimum atomic E-state index is 0. The van der Waals surface area contributed by atoms with Crippen LogP contribution in [-0.4, -0.2) is 30.7 Å². The van der Waals surface area contributed by atoms with Crippen LogP contribution in [0.1, 0.15) is 52.7 Å². The molecule has 2 aromatic carbocycles. The highest BCUT2D eigenvalue weighted by molar-refractivity contribution is 5.31. The standard InChI is InChI=1S/C26H40NO.ClH/c1-21(2)19-27(20-22(3)4,26(6,7)24-14-9-8-10-15-24)17-18-28-25-16-12-11-13-23(25)5;/h8-16,21-22H,17-20H2,1-7H3;1H/q+1;/p-1. The molecule has 29 heavy (non-hydrogen) atoms. The number of rotatable bonds is 10. The largest absolute Gasteiger partial charge is 1.00 e. The molecule has 0 amide bonds. The number of benzene rings is 2. The van der Waals surface area contributed by atoms with Gasteiger partial charge in [-0.15, -0.1) is 0 Å². The van der Waals surface area contributed by atoms with Crippen LogP contribution in [0, 0.1) is 18.8 Å². The van der Waals surface area contributed by atoms with E-state index in [1.807, 2.05) is 0 Å². The molecular weight excluding hydrogens is 378 g/mol. The molecule has 2 rings (SSSR count). The van der Waals surface area contributed by atoms with E-state index in [-0.39, 0.29) is 17.9 Å². The zero-order chi connectivity index (χ0) is 20.8. The van der Waals surface area contributed by atoms with Crippen LogP contribution in [-0.2, 0) is 5.54 Å². The summed E-state index contributed by atoms with van der Waals surface area (Å²) in [7, 11) is 0. The van der Waals surface area contributed by atoms with Crippen LogP contribution >= 0.6 is 0 Å². The Bertz CT molecular complexity index is 714. The zero-order valence-corrected chi connectivity index (χ0v) is 20.2. The lowest BCUT2D eigenvalue weighted by Crippen LogP contribution is -3.00. The van der Waals surface area contributed by atoms with Gasteiger partial charge in [-0.05, 0) is 32.4 Å². The SMILES string of the molecule is Cc1ccccc1OCC[N+](CC(C)C)(CC(C)C)C(C)(C)c1ccccc1.[Cl-]. The summed E-state index contributed by atoms with van der Waals surface area (Å²) in [5.74, 6) is 2.26. The molecule has 0 aliphatic carbocycles. The fourth-order valence-corrected chi connectivity index (χ4v) is 4.56. The van der Waals surface area contributed by atoms with Crippen LogP contribution in [0.15, 0.2) is 54.6 Å². The van der Waals surface area contributed by atoms with Crippen molar-refractivity contribution in [1.82, 2.24) is 0 Å². The van der Waals surface area contributed by atoms with Crippen molar-refractivity contribution in [3.63, 3.8) is 0 Å². The first-order valence-corrected chi connectivity index (χ1v) is 10.8. The van der Waals surface area contributed by atoms with Gasteiger partial charge >= 0.3 is 0 Å². The second kappa shape index (κ2) is 11.0. The maximum atomic E-state index is 6.27. The lowest BCUT2D eigenvalue weighted by Gasteiger charge is -2.52. The van der Waals surface area contributed by atoms with Crippen LogP contribution in [0.4, 0.5) is 0 Å². The molecule has 0 aliphatic heterocycles. The predicted molar refractivity (Wildman–Crippen MR) is 121 cm³/mol. The molecule has 2 aromatic rings. The van der Waals surface area contributed by atoms with Gasteiger partial charge in [0.15, 0.2) is 0 Å². The summed E-state index contributed by atoms with van der Waals surface area (Å²) in [6, 6.07) is 19.3. The Kier molecular flexibility index (Phi) is 9.71. The van der Waals surface area contributed by atoms with E-state index >= 15 is 0 Å². The van der Waals surface area contributed by atoms with E-state index in [0.717, 1.165) is 36.5 Å². The van der Waals surface area contributed by atoms with E-state index in [1.165, 1.54) is 11.1 Å². The Morgan fingerprint density at radius 2 is 1.34 bits per heavy atom. The first-order chi connectivity index (χ1) is 13.2. The molecule has 2 nitrogen and oxygen atoms in total. The van der Waals surface area contributed by atoms with Gasteiger partial charge in [0.25, 0.3) is 0 Å². The van der Waals surface area contributed by atoms with Crippen molar-refractivity contribution in [3.05, 3.63) is 65.7 Å². The molecule has 0 radical (unpaired) electrons. The summed E-state index contributed by atoms with van der Waals surface area (Å²) in [4.78, 5) is 0. The molecule has 0 spiro atoms. The average molecular weight is 418 g/mol. The quantitative estimate of drug-likeness (QED) is 0.538. The van der Waals surface area contributed by atoms with Gasteiger partial charge in [0, 0.05) is 17.4 Å². The monoisotopic (exact) mass is 417 g/mol. The van der Waals surface area contributed by atoms with Gasteiger partial charge in [-0.25, -0.2) is 0 Å². The maximum absolute atomic E-state index is 6.27. The van der Waals surface area contributed by atoms with Crippen molar-refractivity contribution >= 4 is 0 Å². The second-order valence-corrected chi connectivity index (χ2v) is 9.56. The van der Waals surface area contributed by atoms with E-state index in [4.69, 9.17) is 4.74 Å². The molecule has 0 heterocycles. The molecule has 0 aromatic heterocycles. The highest BCUT2D eigenvalue weighted by atomic mass is 35.5. The van der Waals surface area contributed by atoms with Gasteiger partial charge in [-0.3, -0.25) is 0 Å². The summed E-state index contributed by atoms with van der Waals surface area (Å²) in [5.41, 5.74) is 2.63. The van der Waals surface area contributed by atoms with Gasteiger partial charge in [0.1, 0.15) is 24.4 Å². The number of hydrogen-bond donors (Lipinski definition) is 0. The molecule has 0 bridgehead atoms. The third-order valence-electron chi connectivity index (χ3n) is 5.97. The highest BCUT2D eigenvalue weighted by Gasteiger charge is 2.45. The maximum Gasteiger partial charge on any atom is 0.137 e. The molecule has 3 heteroatoms. The number of hydrogen-bond acceptors (Lipinski definition) is 1. The summed E-state index contributed by atoms with van der Waals surface area (Å²) in [6.07, 6.45) is 0. The predicted octanol–water partition coefficient (Wildman–Crippen LogP) is 3.44. The minimum absolute atomic E-state index is 0. The number of nitrogens with zero attached hydrogens (tertiary/aromatic N) is 1. The van der Waals surface area contributed by atoms with Crippen LogP contribution in [0.25, 0.3) is 0 Å². The second-order valence-electron chi connectivity index (χ2n) is 9.56. The summed E-state index contributed by atoms with van der Waals surface area (Å²) < 4.78 is 7.31. The van der Waals surface area contributed by atoms with Crippen molar-refractivity contribution in [2.45, 2.75) is 54.0 Å². The molecule has 0 saturated carbocycles. The number of quaternary nitrogens is 1. The number of ether oxygens (including phenoxy) is 1. The van der Waals surface area contributed by atoms with Crippen LogP contribution < -0.4 is 17.1 Å². The summed E-state index contributed by atoms with van der Waals surface area (Å²) in [5, 5.41) is 0. The summed E-state index contributed by atoms with van der Waals surface area (Å²) in [6.45, 7) is 20.4. The Morgan fingerprint density at radius 3 is 1.86 bits per heavy atom. The normalized spacial score (nSPS) is 12.2. The van der Waals surface area contributed by atoms with E-state index in [9.17, 15) is 0 Å². The van der Waals surface area contributed by atoms with Gasteiger partial charge in [0.2, 0.25) is 0 Å². The third-order valence-corrected chi connectivity index (χ3v) is 5.97.